The third kappa shape index (κ3) is 4.42. The zero-order valence-electron chi connectivity index (χ0n) is 14.8. The Morgan fingerprint density at radius 2 is 1.96 bits per heavy atom. The van der Waals surface area contributed by atoms with Crippen LogP contribution in [0.25, 0.3) is 0 Å². The van der Waals surface area contributed by atoms with Gasteiger partial charge < -0.3 is 15.4 Å². The molecular weight excluding hydrogens is 364 g/mol. The fourth-order valence-corrected chi connectivity index (χ4v) is 3.51. The second kappa shape index (κ2) is 7.61. The van der Waals surface area contributed by atoms with E-state index in [1.807, 2.05) is 36.4 Å². The number of aryl methyl sites for hydroxylation is 1. The number of anilines is 1. The van der Waals surface area contributed by atoms with Gasteiger partial charge in [-0.1, -0.05) is 23.7 Å². The van der Waals surface area contributed by atoms with E-state index in [1.165, 1.54) is 0 Å². The zero-order chi connectivity index (χ0) is 18.8. The minimum atomic E-state index is -0.145. The SMILES string of the molecule is O=C1CCc2cc(OCC(=O)NC(c3ccc(Cl)cc3)C3CC3)ccc2N1. The molecule has 0 radical (unpaired) electrons. The molecule has 0 saturated heterocycles. The Bertz CT molecular complexity index is 862. The Morgan fingerprint density at radius 3 is 2.70 bits per heavy atom. The summed E-state index contributed by atoms with van der Waals surface area (Å²) in [5, 5.41) is 6.61. The lowest BCUT2D eigenvalue weighted by molar-refractivity contribution is -0.124. The molecule has 0 spiro atoms. The standard InChI is InChI=1S/C21H21ClN2O3/c22-16-6-3-14(4-7-16)21(13-1-2-13)24-20(26)12-27-17-8-9-18-15(11-17)5-10-19(25)23-18/h3-4,6-9,11,13,21H,1-2,5,10,12H2,(H,23,25)(H,24,26). The predicted molar refractivity (Wildman–Crippen MR) is 104 cm³/mol. The smallest absolute Gasteiger partial charge is 0.258 e. The highest BCUT2D eigenvalue weighted by atomic mass is 35.5. The van der Waals surface area contributed by atoms with E-state index >= 15 is 0 Å². The van der Waals surface area contributed by atoms with Crippen LogP contribution in [0.5, 0.6) is 5.75 Å². The second-order valence-electron chi connectivity index (χ2n) is 7.09. The third-order valence-electron chi connectivity index (χ3n) is 4.98. The van der Waals surface area contributed by atoms with Gasteiger partial charge in [-0.25, -0.2) is 0 Å². The summed E-state index contributed by atoms with van der Waals surface area (Å²) in [5.74, 6) is 0.994. The van der Waals surface area contributed by atoms with Crippen LogP contribution in [-0.4, -0.2) is 18.4 Å². The number of hydrogen-bond acceptors (Lipinski definition) is 3. The molecule has 1 fully saturated rings. The molecule has 2 aromatic carbocycles. The van der Waals surface area contributed by atoms with Crippen LogP contribution in [0.2, 0.25) is 5.02 Å². The van der Waals surface area contributed by atoms with E-state index in [4.69, 9.17) is 16.3 Å². The van der Waals surface area contributed by atoms with Crippen LogP contribution < -0.4 is 15.4 Å². The fraction of sp³-hybridized carbons (Fsp3) is 0.333. The Morgan fingerprint density at radius 1 is 1.19 bits per heavy atom. The minimum Gasteiger partial charge on any atom is -0.484 e. The van der Waals surface area contributed by atoms with Gasteiger partial charge in [-0.3, -0.25) is 9.59 Å². The molecule has 0 bridgehead atoms. The number of halogens is 1. The van der Waals surface area contributed by atoms with Crippen LogP contribution in [0, 0.1) is 5.92 Å². The number of carbonyl (C=O) groups is 2. The van der Waals surface area contributed by atoms with Crippen molar-refractivity contribution in [2.45, 2.75) is 31.7 Å². The first-order chi connectivity index (χ1) is 13.1. The molecule has 6 heteroatoms. The molecule has 1 heterocycles. The van der Waals surface area contributed by atoms with Crippen LogP contribution in [0.4, 0.5) is 5.69 Å². The molecule has 0 aromatic heterocycles. The Labute approximate surface area is 163 Å². The van der Waals surface area contributed by atoms with Gasteiger partial charge in [-0.05, 0) is 66.6 Å². The van der Waals surface area contributed by atoms with Crippen molar-refractivity contribution in [1.29, 1.82) is 0 Å². The van der Waals surface area contributed by atoms with Crippen molar-refractivity contribution < 1.29 is 14.3 Å². The van der Waals surface area contributed by atoms with Gasteiger partial charge in [-0.2, -0.15) is 0 Å². The highest BCUT2D eigenvalue weighted by molar-refractivity contribution is 6.30. The number of amides is 2. The van der Waals surface area contributed by atoms with E-state index in [-0.39, 0.29) is 24.5 Å². The van der Waals surface area contributed by atoms with Crippen molar-refractivity contribution >= 4 is 29.1 Å². The van der Waals surface area contributed by atoms with Crippen molar-refractivity contribution in [3.63, 3.8) is 0 Å². The molecule has 5 nitrogen and oxygen atoms in total. The van der Waals surface area contributed by atoms with Crippen LogP contribution in [0.15, 0.2) is 42.5 Å². The summed E-state index contributed by atoms with van der Waals surface area (Å²) in [6.07, 6.45) is 3.39. The number of benzene rings is 2. The molecule has 1 unspecified atom stereocenters. The van der Waals surface area contributed by atoms with E-state index in [0.717, 1.165) is 29.7 Å². The second-order valence-corrected chi connectivity index (χ2v) is 7.53. The zero-order valence-corrected chi connectivity index (χ0v) is 15.6. The molecule has 27 heavy (non-hydrogen) atoms. The van der Waals surface area contributed by atoms with Crippen LogP contribution in [0.3, 0.4) is 0 Å². The first-order valence-corrected chi connectivity index (χ1v) is 9.57. The summed E-state index contributed by atoms with van der Waals surface area (Å²) >= 11 is 5.96. The summed E-state index contributed by atoms with van der Waals surface area (Å²) in [6, 6.07) is 13.1. The molecule has 1 aliphatic heterocycles. The van der Waals surface area contributed by atoms with Gasteiger partial charge in [0.25, 0.3) is 5.91 Å². The van der Waals surface area contributed by atoms with Gasteiger partial charge >= 0.3 is 0 Å². The van der Waals surface area contributed by atoms with Crippen molar-refractivity contribution in [2.75, 3.05) is 11.9 Å². The lowest BCUT2D eigenvalue weighted by Crippen LogP contribution is -2.33. The van der Waals surface area contributed by atoms with E-state index in [9.17, 15) is 9.59 Å². The topological polar surface area (TPSA) is 67.4 Å². The minimum absolute atomic E-state index is 0.00267. The summed E-state index contributed by atoms with van der Waals surface area (Å²) in [7, 11) is 0. The molecule has 2 N–H and O–H groups in total. The van der Waals surface area contributed by atoms with Gasteiger partial charge in [0.15, 0.2) is 6.61 Å². The van der Waals surface area contributed by atoms with Crippen LogP contribution in [0.1, 0.15) is 36.4 Å². The lowest BCUT2D eigenvalue weighted by Gasteiger charge is -2.20. The van der Waals surface area contributed by atoms with E-state index in [2.05, 4.69) is 10.6 Å². The Kier molecular flexibility index (Phi) is 5.03. The highest BCUT2D eigenvalue weighted by Crippen LogP contribution is 2.41. The first kappa shape index (κ1) is 17.9. The van der Waals surface area contributed by atoms with Gasteiger partial charge in [0.2, 0.25) is 5.91 Å². The van der Waals surface area contributed by atoms with E-state index in [0.29, 0.717) is 29.5 Å². The third-order valence-corrected chi connectivity index (χ3v) is 5.23. The van der Waals surface area contributed by atoms with E-state index in [1.54, 1.807) is 6.07 Å². The molecule has 1 aliphatic carbocycles. The lowest BCUT2D eigenvalue weighted by atomic mass is 10.0. The van der Waals surface area contributed by atoms with E-state index < -0.39 is 0 Å². The van der Waals surface area contributed by atoms with Gasteiger partial charge in [0, 0.05) is 17.1 Å². The van der Waals surface area contributed by atoms with Crippen LogP contribution in [-0.2, 0) is 16.0 Å². The van der Waals surface area contributed by atoms with Crippen molar-refractivity contribution in [2.24, 2.45) is 5.92 Å². The maximum atomic E-state index is 12.4. The van der Waals surface area contributed by atoms with Crippen molar-refractivity contribution in [3.05, 3.63) is 58.6 Å². The monoisotopic (exact) mass is 384 g/mol. The average molecular weight is 385 g/mol. The quantitative estimate of drug-likeness (QED) is 0.794. The molecule has 2 amide bonds. The number of fused-ring (bicyclic) bond motifs is 1. The summed E-state index contributed by atoms with van der Waals surface area (Å²) in [4.78, 5) is 23.8. The maximum Gasteiger partial charge on any atom is 0.258 e. The number of carbonyl (C=O) groups excluding carboxylic acids is 2. The van der Waals surface area contributed by atoms with Gasteiger partial charge in [0.1, 0.15) is 5.75 Å². The summed E-state index contributed by atoms with van der Waals surface area (Å²) in [5.41, 5.74) is 2.92. The number of hydrogen-bond donors (Lipinski definition) is 2. The first-order valence-electron chi connectivity index (χ1n) is 9.19. The number of nitrogens with one attached hydrogen (secondary N) is 2. The Balaban J connectivity index is 1.36. The Hall–Kier alpha value is -2.53. The van der Waals surface area contributed by atoms with Crippen molar-refractivity contribution in [1.82, 2.24) is 5.32 Å². The molecule has 4 rings (SSSR count). The van der Waals surface area contributed by atoms with Crippen molar-refractivity contribution in [3.8, 4) is 5.75 Å². The maximum absolute atomic E-state index is 12.4. The fourth-order valence-electron chi connectivity index (χ4n) is 3.39. The largest absolute Gasteiger partial charge is 0.484 e. The molecule has 1 atom stereocenters. The van der Waals surface area contributed by atoms with Gasteiger partial charge in [0.05, 0.1) is 6.04 Å². The summed E-state index contributed by atoms with van der Waals surface area (Å²) < 4.78 is 5.67. The van der Waals surface area contributed by atoms with Crippen LogP contribution >= 0.6 is 11.6 Å². The van der Waals surface area contributed by atoms with Gasteiger partial charge in [-0.15, -0.1) is 0 Å². The number of rotatable bonds is 6. The number of ether oxygens (including phenoxy) is 1. The molecule has 2 aromatic rings. The average Bonchev–Trinajstić information content (AvgIpc) is 3.50. The molecule has 2 aliphatic rings. The summed E-state index contributed by atoms with van der Waals surface area (Å²) in [6.45, 7) is -0.0397. The normalized spacial score (nSPS) is 16.9. The predicted octanol–water partition coefficient (Wildman–Crippen LogP) is 3.87. The molecule has 1 saturated carbocycles. The highest BCUT2D eigenvalue weighted by Gasteiger charge is 2.33. The molecular formula is C21H21ClN2O3. The molecule has 140 valence electrons.